The summed E-state index contributed by atoms with van der Waals surface area (Å²) < 4.78 is 0. The van der Waals surface area contributed by atoms with Gasteiger partial charge in [0.2, 0.25) is 0 Å². The van der Waals surface area contributed by atoms with Crippen molar-refractivity contribution in [3.05, 3.63) is 102 Å². The summed E-state index contributed by atoms with van der Waals surface area (Å²) in [5.41, 5.74) is 4.04. The zero-order chi connectivity index (χ0) is 23.2. The highest BCUT2D eigenvalue weighted by Crippen LogP contribution is 2.27. The van der Waals surface area contributed by atoms with Gasteiger partial charge in [-0.2, -0.15) is 0 Å². The third-order valence-corrected chi connectivity index (χ3v) is 6.19. The second-order valence-electron chi connectivity index (χ2n) is 8.28. The van der Waals surface area contributed by atoms with Gasteiger partial charge in [-0.1, -0.05) is 66.2 Å². The van der Waals surface area contributed by atoms with Crippen molar-refractivity contribution in [1.82, 2.24) is 19.9 Å². The van der Waals surface area contributed by atoms with Crippen LogP contribution in [0.3, 0.4) is 0 Å². The van der Waals surface area contributed by atoms with Crippen LogP contribution in [0.4, 0.5) is 5.82 Å². The predicted octanol–water partition coefficient (Wildman–Crippen LogP) is 5.69. The van der Waals surface area contributed by atoms with Gasteiger partial charge in [-0.3, -0.25) is 9.88 Å². The smallest absolute Gasteiger partial charge is 0.163 e. The molecule has 0 aliphatic carbocycles. The number of rotatable bonds is 6. The van der Waals surface area contributed by atoms with E-state index in [-0.39, 0.29) is 0 Å². The molecule has 0 radical (unpaired) electrons. The molecular formula is C28H26ClN5. The number of nitrogens with zero attached hydrogens (tertiary/aromatic N) is 5. The van der Waals surface area contributed by atoms with E-state index < -0.39 is 0 Å². The van der Waals surface area contributed by atoms with Crippen molar-refractivity contribution in [2.24, 2.45) is 0 Å². The molecule has 0 saturated carbocycles. The Morgan fingerprint density at radius 2 is 1.62 bits per heavy atom. The Bertz CT molecular complexity index is 1240. The molecule has 5 nitrogen and oxygen atoms in total. The largest absolute Gasteiger partial charge is 0.354 e. The summed E-state index contributed by atoms with van der Waals surface area (Å²) in [6.07, 6.45) is 8.00. The maximum atomic E-state index is 6.11. The van der Waals surface area contributed by atoms with Crippen molar-refractivity contribution < 1.29 is 0 Å². The molecule has 0 N–H and O–H groups in total. The molecule has 5 rings (SSSR count). The van der Waals surface area contributed by atoms with Crippen molar-refractivity contribution in [3.63, 3.8) is 0 Å². The Hall–Kier alpha value is -3.54. The molecule has 1 aliphatic heterocycles. The van der Waals surface area contributed by atoms with Crippen LogP contribution in [0, 0.1) is 0 Å². The molecule has 1 aliphatic rings. The maximum Gasteiger partial charge on any atom is 0.163 e. The van der Waals surface area contributed by atoms with Crippen molar-refractivity contribution in [2.45, 2.75) is 0 Å². The molecule has 6 heteroatoms. The molecule has 2 aromatic carbocycles. The van der Waals surface area contributed by atoms with Gasteiger partial charge in [-0.15, -0.1) is 0 Å². The molecule has 34 heavy (non-hydrogen) atoms. The average molecular weight is 468 g/mol. The van der Waals surface area contributed by atoms with E-state index in [1.807, 2.05) is 48.7 Å². The van der Waals surface area contributed by atoms with Crippen LogP contribution in [0.25, 0.3) is 28.7 Å². The van der Waals surface area contributed by atoms with Crippen LogP contribution < -0.4 is 4.90 Å². The van der Waals surface area contributed by atoms with Crippen LogP contribution in [0.15, 0.2) is 91.3 Å². The Morgan fingerprint density at radius 3 is 2.35 bits per heavy atom. The number of benzene rings is 2. The van der Waals surface area contributed by atoms with Gasteiger partial charge < -0.3 is 4.90 Å². The van der Waals surface area contributed by atoms with E-state index in [1.165, 1.54) is 5.56 Å². The number of halogens is 1. The van der Waals surface area contributed by atoms with Crippen LogP contribution in [0.5, 0.6) is 0 Å². The fourth-order valence-corrected chi connectivity index (χ4v) is 4.18. The third kappa shape index (κ3) is 5.50. The lowest BCUT2D eigenvalue weighted by Crippen LogP contribution is -2.46. The Morgan fingerprint density at radius 1 is 0.824 bits per heavy atom. The zero-order valence-electron chi connectivity index (χ0n) is 18.9. The van der Waals surface area contributed by atoms with E-state index in [0.29, 0.717) is 10.8 Å². The van der Waals surface area contributed by atoms with Gasteiger partial charge in [0.1, 0.15) is 5.82 Å². The first kappa shape index (κ1) is 22.3. The van der Waals surface area contributed by atoms with E-state index >= 15 is 0 Å². The molecule has 0 spiro atoms. The minimum Gasteiger partial charge on any atom is -0.354 e. The maximum absolute atomic E-state index is 6.11. The number of piperazine rings is 1. The molecule has 170 valence electrons. The predicted molar refractivity (Wildman–Crippen MR) is 140 cm³/mol. The topological polar surface area (TPSA) is 45.2 Å². The lowest BCUT2D eigenvalue weighted by atomic mass is 10.1. The molecule has 3 heterocycles. The molecule has 0 bridgehead atoms. The average Bonchev–Trinajstić information content (AvgIpc) is 2.90. The molecular weight excluding hydrogens is 442 g/mol. The summed E-state index contributed by atoms with van der Waals surface area (Å²) in [5.74, 6) is 1.63. The molecule has 4 aromatic rings. The third-order valence-electron chi connectivity index (χ3n) is 5.94. The number of aromatic nitrogens is 3. The molecule has 0 amide bonds. The van der Waals surface area contributed by atoms with Crippen LogP contribution in [-0.4, -0.2) is 52.6 Å². The molecule has 1 fully saturated rings. The summed E-state index contributed by atoms with van der Waals surface area (Å²) in [4.78, 5) is 18.8. The molecule has 2 aromatic heterocycles. The summed E-state index contributed by atoms with van der Waals surface area (Å²) in [6.45, 7) is 4.76. The second-order valence-corrected chi connectivity index (χ2v) is 8.72. The Balaban J connectivity index is 1.33. The van der Waals surface area contributed by atoms with E-state index in [2.05, 4.69) is 57.3 Å². The van der Waals surface area contributed by atoms with Crippen molar-refractivity contribution >= 4 is 23.5 Å². The summed E-state index contributed by atoms with van der Waals surface area (Å²) in [5, 5.41) is 0.711. The van der Waals surface area contributed by atoms with Crippen LogP contribution in [-0.2, 0) is 0 Å². The first-order valence-corrected chi connectivity index (χ1v) is 11.9. The van der Waals surface area contributed by atoms with Gasteiger partial charge in [0.25, 0.3) is 0 Å². The minimum absolute atomic E-state index is 0.684. The van der Waals surface area contributed by atoms with E-state index in [0.717, 1.165) is 55.4 Å². The SMILES string of the molecule is Clc1ccc(-c2cc(N3CCN(CC=Cc4ccccc4)CC3)nc(-c3cccnc3)n2)cc1. The fraction of sp³-hybridized carbons (Fsp3) is 0.179. The van der Waals surface area contributed by atoms with Crippen LogP contribution in [0.2, 0.25) is 5.02 Å². The van der Waals surface area contributed by atoms with Gasteiger partial charge in [-0.05, 0) is 29.8 Å². The fourth-order valence-electron chi connectivity index (χ4n) is 4.05. The van der Waals surface area contributed by atoms with Crippen LogP contribution >= 0.6 is 11.6 Å². The van der Waals surface area contributed by atoms with Crippen molar-refractivity contribution in [1.29, 1.82) is 0 Å². The summed E-state index contributed by atoms with van der Waals surface area (Å²) in [7, 11) is 0. The van der Waals surface area contributed by atoms with Gasteiger partial charge in [0.05, 0.1) is 5.69 Å². The number of anilines is 1. The van der Waals surface area contributed by atoms with Gasteiger partial charge >= 0.3 is 0 Å². The van der Waals surface area contributed by atoms with Gasteiger partial charge in [-0.25, -0.2) is 9.97 Å². The quantitative estimate of drug-likeness (QED) is 0.364. The highest BCUT2D eigenvalue weighted by molar-refractivity contribution is 6.30. The summed E-state index contributed by atoms with van der Waals surface area (Å²) >= 11 is 6.11. The van der Waals surface area contributed by atoms with Crippen molar-refractivity contribution in [3.8, 4) is 22.6 Å². The lowest BCUT2D eigenvalue weighted by molar-refractivity contribution is 0.283. The monoisotopic (exact) mass is 467 g/mol. The highest BCUT2D eigenvalue weighted by Gasteiger charge is 2.19. The number of hydrogen-bond acceptors (Lipinski definition) is 5. The van der Waals surface area contributed by atoms with E-state index in [1.54, 1.807) is 6.20 Å². The standard InChI is InChI=1S/C28H26ClN5/c29-25-12-10-23(11-13-25)26-20-27(32-28(31-26)24-9-4-14-30-21-24)34-18-16-33(17-19-34)15-5-8-22-6-2-1-3-7-22/h1-14,20-21H,15-19H2. The van der Waals surface area contributed by atoms with Crippen LogP contribution in [0.1, 0.15) is 5.56 Å². The first-order chi connectivity index (χ1) is 16.7. The Kier molecular flexibility index (Phi) is 6.94. The normalized spacial score (nSPS) is 14.6. The number of pyridine rings is 1. The number of hydrogen-bond donors (Lipinski definition) is 0. The van der Waals surface area contributed by atoms with Gasteiger partial charge in [0.15, 0.2) is 5.82 Å². The first-order valence-electron chi connectivity index (χ1n) is 11.5. The summed E-state index contributed by atoms with van der Waals surface area (Å²) in [6, 6.07) is 24.2. The Labute approximate surface area is 205 Å². The molecule has 1 saturated heterocycles. The highest BCUT2D eigenvalue weighted by atomic mass is 35.5. The van der Waals surface area contributed by atoms with Crippen molar-refractivity contribution in [2.75, 3.05) is 37.6 Å². The zero-order valence-corrected chi connectivity index (χ0v) is 19.6. The minimum atomic E-state index is 0.684. The molecule has 0 unspecified atom stereocenters. The van der Waals surface area contributed by atoms with E-state index in [4.69, 9.17) is 21.6 Å². The lowest BCUT2D eigenvalue weighted by Gasteiger charge is -2.35. The molecule has 0 atom stereocenters. The van der Waals surface area contributed by atoms with E-state index in [9.17, 15) is 0 Å². The second kappa shape index (κ2) is 10.6. The van der Waals surface area contributed by atoms with Gasteiger partial charge in [0, 0.05) is 67.3 Å².